The van der Waals surface area contributed by atoms with Crippen molar-refractivity contribution in [3.05, 3.63) is 64.1 Å². The Morgan fingerprint density at radius 1 is 0.947 bits per heavy atom. The van der Waals surface area contributed by atoms with Crippen LogP contribution in [0.5, 0.6) is 5.75 Å². The summed E-state index contributed by atoms with van der Waals surface area (Å²) in [5, 5.41) is 12.9. The van der Waals surface area contributed by atoms with Gasteiger partial charge in [0.15, 0.2) is 0 Å². The van der Waals surface area contributed by atoms with Gasteiger partial charge in [-0.25, -0.2) is 0 Å². The first-order valence-corrected chi connectivity index (χ1v) is 7.16. The first kappa shape index (κ1) is 14.1. The molecule has 0 radical (unpaired) electrons. The van der Waals surface area contributed by atoms with Gasteiger partial charge in [0.05, 0.1) is 0 Å². The SMILES string of the molecule is CC(N[C@@H](C)c1ccccc1Br)c1ccc(O)cc1. The van der Waals surface area contributed by atoms with E-state index in [-0.39, 0.29) is 12.1 Å². The third kappa shape index (κ3) is 3.58. The van der Waals surface area contributed by atoms with E-state index in [9.17, 15) is 5.11 Å². The molecule has 0 aromatic heterocycles. The molecular weight excluding hydrogens is 302 g/mol. The molecule has 2 rings (SSSR count). The van der Waals surface area contributed by atoms with Crippen molar-refractivity contribution in [3.8, 4) is 5.75 Å². The molecular formula is C16H18BrNO. The number of aromatic hydroxyl groups is 1. The van der Waals surface area contributed by atoms with Gasteiger partial charge in [-0.15, -0.1) is 0 Å². The minimum Gasteiger partial charge on any atom is -0.508 e. The van der Waals surface area contributed by atoms with Gasteiger partial charge in [-0.1, -0.05) is 46.3 Å². The van der Waals surface area contributed by atoms with Crippen LogP contribution in [0.3, 0.4) is 0 Å². The number of benzene rings is 2. The van der Waals surface area contributed by atoms with Crippen LogP contribution in [0.15, 0.2) is 53.0 Å². The van der Waals surface area contributed by atoms with E-state index in [1.54, 1.807) is 12.1 Å². The maximum absolute atomic E-state index is 9.31. The van der Waals surface area contributed by atoms with Crippen molar-refractivity contribution in [1.82, 2.24) is 5.32 Å². The van der Waals surface area contributed by atoms with Crippen LogP contribution in [-0.4, -0.2) is 5.11 Å². The minimum atomic E-state index is 0.225. The van der Waals surface area contributed by atoms with Gasteiger partial charge in [0, 0.05) is 16.6 Å². The molecule has 0 aliphatic carbocycles. The van der Waals surface area contributed by atoms with E-state index in [0.29, 0.717) is 5.75 Å². The lowest BCUT2D eigenvalue weighted by molar-refractivity contribution is 0.472. The van der Waals surface area contributed by atoms with Crippen LogP contribution in [0, 0.1) is 0 Å². The van der Waals surface area contributed by atoms with Crippen LogP contribution in [0.2, 0.25) is 0 Å². The summed E-state index contributed by atoms with van der Waals surface area (Å²) < 4.78 is 1.12. The summed E-state index contributed by atoms with van der Waals surface area (Å²) in [5.74, 6) is 0.301. The van der Waals surface area contributed by atoms with Gasteiger partial charge < -0.3 is 10.4 Å². The van der Waals surface area contributed by atoms with Crippen LogP contribution >= 0.6 is 15.9 Å². The fourth-order valence-electron chi connectivity index (χ4n) is 2.15. The van der Waals surface area contributed by atoms with Crippen LogP contribution in [0.25, 0.3) is 0 Å². The van der Waals surface area contributed by atoms with Gasteiger partial charge in [-0.05, 0) is 43.2 Å². The lowest BCUT2D eigenvalue weighted by Gasteiger charge is -2.21. The molecule has 0 heterocycles. The monoisotopic (exact) mass is 319 g/mol. The lowest BCUT2D eigenvalue weighted by atomic mass is 10.0. The average molecular weight is 320 g/mol. The zero-order chi connectivity index (χ0) is 13.8. The lowest BCUT2D eigenvalue weighted by Crippen LogP contribution is -2.22. The molecule has 0 saturated carbocycles. The van der Waals surface area contributed by atoms with E-state index in [1.165, 1.54) is 5.56 Å². The molecule has 100 valence electrons. The van der Waals surface area contributed by atoms with Crippen LogP contribution < -0.4 is 5.32 Å². The van der Waals surface area contributed by atoms with E-state index in [0.717, 1.165) is 10.0 Å². The minimum absolute atomic E-state index is 0.225. The second kappa shape index (κ2) is 6.22. The summed E-state index contributed by atoms with van der Waals surface area (Å²) in [5.41, 5.74) is 2.41. The van der Waals surface area contributed by atoms with Gasteiger partial charge in [0.25, 0.3) is 0 Å². The molecule has 0 amide bonds. The molecule has 0 spiro atoms. The van der Waals surface area contributed by atoms with Crippen LogP contribution in [-0.2, 0) is 0 Å². The highest BCUT2D eigenvalue weighted by atomic mass is 79.9. The predicted octanol–water partition coefficient (Wildman–Crippen LogP) is 4.57. The van der Waals surface area contributed by atoms with Gasteiger partial charge in [0.2, 0.25) is 0 Å². The molecule has 2 atom stereocenters. The van der Waals surface area contributed by atoms with E-state index in [4.69, 9.17) is 0 Å². The standard InChI is InChI=1S/C16H18BrNO/c1-11(13-7-9-14(19)10-8-13)18-12(2)15-5-3-4-6-16(15)17/h3-12,18-19H,1-2H3/t11?,12-/m0/s1. The van der Waals surface area contributed by atoms with Gasteiger partial charge in [0.1, 0.15) is 5.75 Å². The molecule has 0 aliphatic heterocycles. The first-order chi connectivity index (χ1) is 9.08. The highest BCUT2D eigenvalue weighted by molar-refractivity contribution is 9.10. The zero-order valence-electron chi connectivity index (χ0n) is 11.1. The first-order valence-electron chi connectivity index (χ1n) is 6.37. The van der Waals surface area contributed by atoms with Gasteiger partial charge in [-0.3, -0.25) is 0 Å². The summed E-state index contributed by atoms with van der Waals surface area (Å²) >= 11 is 3.58. The van der Waals surface area contributed by atoms with E-state index < -0.39 is 0 Å². The second-order valence-corrected chi connectivity index (χ2v) is 5.58. The number of rotatable bonds is 4. The smallest absolute Gasteiger partial charge is 0.115 e. The van der Waals surface area contributed by atoms with E-state index in [1.807, 2.05) is 24.3 Å². The quantitative estimate of drug-likeness (QED) is 0.865. The summed E-state index contributed by atoms with van der Waals surface area (Å²) in [7, 11) is 0. The summed E-state index contributed by atoms with van der Waals surface area (Å²) in [6.45, 7) is 4.27. The van der Waals surface area contributed by atoms with E-state index in [2.05, 4.69) is 47.2 Å². The highest BCUT2D eigenvalue weighted by Gasteiger charge is 2.12. The Morgan fingerprint density at radius 3 is 2.21 bits per heavy atom. The molecule has 0 aliphatic rings. The fraction of sp³-hybridized carbons (Fsp3) is 0.250. The molecule has 3 heteroatoms. The van der Waals surface area contributed by atoms with Crippen molar-refractivity contribution in [2.24, 2.45) is 0 Å². The Kier molecular flexibility index (Phi) is 4.61. The Morgan fingerprint density at radius 2 is 1.58 bits per heavy atom. The molecule has 0 fully saturated rings. The maximum Gasteiger partial charge on any atom is 0.115 e. The number of phenolic OH excluding ortho intramolecular Hbond substituents is 1. The summed E-state index contributed by atoms with van der Waals surface area (Å²) in [6, 6.07) is 16.0. The zero-order valence-corrected chi connectivity index (χ0v) is 12.7. The molecule has 19 heavy (non-hydrogen) atoms. The van der Waals surface area contributed by atoms with Crippen LogP contribution in [0.4, 0.5) is 0 Å². The van der Waals surface area contributed by atoms with Crippen molar-refractivity contribution in [3.63, 3.8) is 0 Å². The van der Waals surface area contributed by atoms with Crippen molar-refractivity contribution in [2.45, 2.75) is 25.9 Å². The fourth-order valence-corrected chi connectivity index (χ4v) is 2.78. The summed E-state index contributed by atoms with van der Waals surface area (Å²) in [4.78, 5) is 0. The Balaban J connectivity index is 2.08. The predicted molar refractivity (Wildman–Crippen MR) is 82.2 cm³/mol. The van der Waals surface area contributed by atoms with E-state index >= 15 is 0 Å². The average Bonchev–Trinajstić information content (AvgIpc) is 2.39. The van der Waals surface area contributed by atoms with Gasteiger partial charge >= 0.3 is 0 Å². The van der Waals surface area contributed by atoms with Crippen molar-refractivity contribution in [1.29, 1.82) is 0 Å². The second-order valence-electron chi connectivity index (χ2n) is 4.72. The molecule has 1 unspecified atom stereocenters. The van der Waals surface area contributed by atoms with Gasteiger partial charge in [-0.2, -0.15) is 0 Å². The van der Waals surface area contributed by atoms with Crippen molar-refractivity contribution >= 4 is 15.9 Å². The molecule has 2 nitrogen and oxygen atoms in total. The number of hydrogen-bond donors (Lipinski definition) is 2. The summed E-state index contributed by atoms with van der Waals surface area (Å²) in [6.07, 6.45) is 0. The topological polar surface area (TPSA) is 32.3 Å². The Hall–Kier alpha value is -1.32. The number of hydrogen-bond acceptors (Lipinski definition) is 2. The Bertz CT molecular complexity index is 539. The number of nitrogens with one attached hydrogen (secondary N) is 1. The van der Waals surface area contributed by atoms with Crippen molar-refractivity contribution < 1.29 is 5.11 Å². The highest BCUT2D eigenvalue weighted by Crippen LogP contribution is 2.25. The molecule has 2 N–H and O–H groups in total. The maximum atomic E-state index is 9.31. The molecule has 0 bridgehead atoms. The third-order valence-corrected chi connectivity index (χ3v) is 3.99. The van der Waals surface area contributed by atoms with Crippen LogP contribution in [0.1, 0.15) is 37.1 Å². The number of halogens is 1. The number of phenols is 1. The third-order valence-electron chi connectivity index (χ3n) is 3.26. The molecule has 2 aromatic rings. The molecule has 2 aromatic carbocycles. The largest absolute Gasteiger partial charge is 0.508 e. The van der Waals surface area contributed by atoms with Crippen molar-refractivity contribution in [2.75, 3.05) is 0 Å². The molecule has 0 saturated heterocycles. The Labute approximate surface area is 122 Å². The normalized spacial score (nSPS) is 14.1.